The number of hydrogen-bond donors (Lipinski definition) is 2. The number of amides is 1. The van der Waals surface area contributed by atoms with Crippen molar-refractivity contribution < 1.29 is 9.90 Å². The molecule has 1 fully saturated rings. The topological polar surface area (TPSA) is 52.6 Å². The number of hydrogen-bond acceptors (Lipinski definition) is 3. The molecule has 1 saturated heterocycles. The number of likely N-dealkylation sites (tertiary alicyclic amines) is 1. The average Bonchev–Trinajstić information content (AvgIpc) is 2.37. The van der Waals surface area contributed by atoms with Gasteiger partial charge in [0.1, 0.15) is 0 Å². The van der Waals surface area contributed by atoms with Crippen LogP contribution < -0.4 is 5.32 Å². The average molecular weight is 276 g/mol. The van der Waals surface area contributed by atoms with Crippen LogP contribution in [-0.2, 0) is 4.79 Å². The predicted octanol–water partition coefficient (Wildman–Crippen LogP) is 1.94. The zero-order valence-electron chi connectivity index (χ0n) is 12.5. The minimum Gasteiger partial charge on any atom is -0.393 e. The van der Waals surface area contributed by atoms with Crippen LogP contribution in [0.4, 0.5) is 5.69 Å². The molecular weight excluding hydrogens is 252 g/mol. The zero-order valence-corrected chi connectivity index (χ0v) is 12.5. The Bertz CT molecular complexity index is 487. The first-order valence-corrected chi connectivity index (χ1v) is 7.23. The molecule has 2 rings (SSSR count). The summed E-state index contributed by atoms with van der Waals surface area (Å²) in [6, 6.07) is 6.02. The third-order valence-electron chi connectivity index (χ3n) is 3.97. The fourth-order valence-corrected chi connectivity index (χ4v) is 2.71. The first kappa shape index (κ1) is 15.0. The Balaban J connectivity index is 1.89. The third kappa shape index (κ3) is 3.81. The van der Waals surface area contributed by atoms with E-state index in [0.717, 1.165) is 30.8 Å². The molecule has 1 aromatic rings. The van der Waals surface area contributed by atoms with E-state index in [0.29, 0.717) is 6.54 Å². The summed E-state index contributed by atoms with van der Waals surface area (Å²) in [5.41, 5.74) is 3.16. The second-order valence-corrected chi connectivity index (χ2v) is 5.93. The van der Waals surface area contributed by atoms with E-state index in [1.54, 1.807) is 0 Å². The molecule has 2 unspecified atom stereocenters. The van der Waals surface area contributed by atoms with E-state index in [-0.39, 0.29) is 17.9 Å². The minimum absolute atomic E-state index is 0.0144. The maximum absolute atomic E-state index is 12.1. The molecule has 0 radical (unpaired) electrons. The van der Waals surface area contributed by atoms with E-state index in [9.17, 15) is 9.90 Å². The van der Waals surface area contributed by atoms with Gasteiger partial charge in [0.25, 0.3) is 0 Å². The lowest BCUT2D eigenvalue weighted by molar-refractivity contribution is -0.118. The number of carbonyl (C=O) groups is 1. The Morgan fingerprint density at radius 1 is 1.45 bits per heavy atom. The van der Waals surface area contributed by atoms with Gasteiger partial charge in [0, 0.05) is 18.8 Å². The van der Waals surface area contributed by atoms with Crippen molar-refractivity contribution in [1.82, 2.24) is 4.90 Å². The molecule has 1 aromatic carbocycles. The highest BCUT2D eigenvalue weighted by molar-refractivity contribution is 5.93. The van der Waals surface area contributed by atoms with Crippen molar-refractivity contribution in [2.45, 2.75) is 33.3 Å². The van der Waals surface area contributed by atoms with Crippen molar-refractivity contribution in [3.05, 3.63) is 29.3 Å². The second kappa shape index (κ2) is 6.37. The Morgan fingerprint density at radius 3 is 2.85 bits per heavy atom. The van der Waals surface area contributed by atoms with Gasteiger partial charge in [-0.1, -0.05) is 24.6 Å². The summed E-state index contributed by atoms with van der Waals surface area (Å²) >= 11 is 0. The van der Waals surface area contributed by atoms with Gasteiger partial charge in [0.15, 0.2) is 0 Å². The molecule has 2 N–H and O–H groups in total. The molecule has 4 nitrogen and oxygen atoms in total. The van der Waals surface area contributed by atoms with Gasteiger partial charge in [-0.3, -0.25) is 9.69 Å². The molecule has 1 amide bonds. The lowest BCUT2D eigenvalue weighted by Gasteiger charge is -2.33. The molecule has 1 aliphatic rings. The monoisotopic (exact) mass is 276 g/mol. The molecule has 1 aliphatic heterocycles. The van der Waals surface area contributed by atoms with Crippen molar-refractivity contribution in [1.29, 1.82) is 0 Å². The number of nitrogens with one attached hydrogen (secondary N) is 1. The highest BCUT2D eigenvalue weighted by Crippen LogP contribution is 2.18. The largest absolute Gasteiger partial charge is 0.393 e. The van der Waals surface area contributed by atoms with Crippen molar-refractivity contribution in [2.75, 3.05) is 25.0 Å². The quantitative estimate of drug-likeness (QED) is 0.887. The van der Waals surface area contributed by atoms with Gasteiger partial charge in [-0.25, -0.2) is 0 Å². The summed E-state index contributed by atoms with van der Waals surface area (Å²) in [7, 11) is 0. The second-order valence-electron chi connectivity index (χ2n) is 5.93. The van der Waals surface area contributed by atoms with Crippen LogP contribution in [0.15, 0.2) is 18.2 Å². The fraction of sp³-hybridized carbons (Fsp3) is 0.562. The molecule has 0 bridgehead atoms. The van der Waals surface area contributed by atoms with E-state index in [4.69, 9.17) is 0 Å². The maximum atomic E-state index is 12.1. The van der Waals surface area contributed by atoms with Gasteiger partial charge in [0.2, 0.25) is 5.91 Å². The first-order chi connectivity index (χ1) is 9.45. The van der Waals surface area contributed by atoms with Gasteiger partial charge in [-0.2, -0.15) is 0 Å². The smallest absolute Gasteiger partial charge is 0.238 e. The van der Waals surface area contributed by atoms with E-state index >= 15 is 0 Å². The maximum Gasteiger partial charge on any atom is 0.238 e. The minimum atomic E-state index is -0.228. The van der Waals surface area contributed by atoms with Gasteiger partial charge in [-0.15, -0.1) is 0 Å². The Morgan fingerprint density at radius 2 is 2.20 bits per heavy atom. The van der Waals surface area contributed by atoms with Crippen LogP contribution in [-0.4, -0.2) is 41.7 Å². The summed E-state index contributed by atoms with van der Waals surface area (Å²) < 4.78 is 0. The van der Waals surface area contributed by atoms with Crippen LogP contribution in [0.5, 0.6) is 0 Å². The van der Waals surface area contributed by atoms with Crippen LogP contribution in [0.25, 0.3) is 0 Å². The van der Waals surface area contributed by atoms with E-state index in [2.05, 4.69) is 16.3 Å². The number of nitrogens with zero attached hydrogens (tertiary/aromatic N) is 1. The third-order valence-corrected chi connectivity index (χ3v) is 3.97. The molecule has 0 aromatic heterocycles. The Labute approximate surface area is 120 Å². The van der Waals surface area contributed by atoms with Crippen molar-refractivity contribution in [3.63, 3.8) is 0 Å². The van der Waals surface area contributed by atoms with E-state index in [1.165, 1.54) is 5.56 Å². The fourth-order valence-electron chi connectivity index (χ4n) is 2.71. The zero-order chi connectivity index (χ0) is 14.7. The molecular formula is C16H24N2O2. The summed E-state index contributed by atoms with van der Waals surface area (Å²) in [5, 5.41) is 12.7. The SMILES string of the molecule is Cc1ccc(NC(=O)CN2CCC(O)C(C)C2)c(C)c1. The molecule has 4 heteroatoms. The van der Waals surface area contributed by atoms with Crippen molar-refractivity contribution in [3.8, 4) is 0 Å². The number of carbonyl (C=O) groups excluding carboxylic acids is 1. The number of rotatable bonds is 3. The van der Waals surface area contributed by atoms with Gasteiger partial charge >= 0.3 is 0 Å². The van der Waals surface area contributed by atoms with Crippen molar-refractivity contribution in [2.24, 2.45) is 5.92 Å². The van der Waals surface area contributed by atoms with Crippen LogP contribution in [0.2, 0.25) is 0 Å². The predicted molar refractivity (Wildman–Crippen MR) is 80.8 cm³/mol. The van der Waals surface area contributed by atoms with Crippen LogP contribution in [0, 0.1) is 19.8 Å². The van der Waals surface area contributed by atoms with E-state index < -0.39 is 0 Å². The highest BCUT2D eigenvalue weighted by Gasteiger charge is 2.25. The normalized spacial score (nSPS) is 23.6. The number of aliphatic hydroxyl groups excluding tert-OH is 1. The lowest BCUT2D eigenvalue weighted by atomic mass is 9.97. The van der Waals surface area contributed by atoms with E-state index in [1.807, 2.05) is 32.9 Å². The Hall–Kier alpha value is -1.39. The molecule has 1 heterocycles. The standard InChI is InChI=1S/C16H24N2O2/c1-11-4-5-14(12(2)8-11)17-16(20)10-18-7-6-15(19)13(3)9-18/h4-5,8,13,15,19H,6-7,9-10H2,1-3H3,(H,17,20). The summed E-state index contributed by atoms with van der Waals surface area (Å²) in [4.78, 5) is 14.2. The molecule has 110 valence electrons. The summed E-state index contributed by atoms with van der Waals surface area (Å²) in [6.45, 7) is 8.03. The summed E-state index contributed by atoms with van der Waals surface area (Å²) in [6.07, 6.45) is 0.520. The van der Waals surface area contributed by atoms with Crippen LogP contribution >= 0.6 is 0 Å². The number of aryl methyl sites for hydroxylation is 2. The number of benzene rings is 1. The number of piperidine rings is 1. The van der Waals surface area contributed by atoms with Gasteiger partial charge < -0.3 is 10.4 Å². The Kier molecular flexibility index (Phi) is 4.78. The van der Waals surface area contributed by atoms with Crippen molar-refractivity contribution >= 4 is 11.6 Å². The lowest BCUT2D eigenvalue weighted by Crippen LogP contribution is -2.45. The molecule has 0 aliphatic carbocycles. The first-order valence-electron chi connectivity index (χ1n) is 7.23. The highest BCUT2D eigenvalue weighted by atomic mass is 16.3. The van der Waals surface area contributed by atoms with Crippen LogP contribution in [0.1, 0.15) is 24.5 Å². The molecule has 20 heavy (non-hydrogen) atoms. The van der Waals surface area contributed by atoms with Gasteiger partial charge in [-0.05, 0) is 37.8 Å². The summed E-state index contributed by atoms with van der Waals surface area (Å²) in [5.74, 6) is 0.248. The molecule has 0 saturated carbocycles. The number of anilines is 1. The number of aliphatic hydroxyl groups is 1. The molecule has 0 spiro atoms. The van der Waals surface area contributed by atoms with Gasteiger partial charge in [0.05, 0.1) is 12.6 Å². The molecule has 2 atom stereocenters. The van der Waals surface area contributed by atoms with Crippen LogP contribution in [0.3, 0.4) is 0 Å².